The first-order valence-corrected chi connectivity index (χ1v) is 7.39. The van der Waals surface area contributed by atoms with Gasteiger partial charge in [-0.3, -0.25) is 4.90 Å². The molecule has 94 valence electrons. The first-order valence-electron chi connectivity index (χ1n) is 6.40. The molecule has 0 aliphatic carbocycles. The Morgan fingerprint density at radius 3 is 2.65 bits per heavy atom. The normalized spacial score (nSPS) is 18.5. The third-order valence-corrected chi connectivity index (χ3v) is 4.09. The fraction of sp³-hybridized carbons (Fsp3) is 0.571. The van der Waals surface area contributed by atoms with Crippen molar-refractivity contribution in [1.82, 2.24) is 9.80 Å². The maximum Gasteiger partial charge on any atom is 0.0235 e. The average Bonchev–Trinajstić information content (AvgIpc) is 2.33. The Morgan fingerprint density at radius 1 is 1.18 bits per heavy atom. The molecule has 0 radical (unpaired) electrons. The third-order valence-electron chi connectivity index (χ3n) is 3.21. The second kappa shape index (κ2) is 6.43. The van der Waals surface area contributed by atoms with Gasteiger partial charge in [-0.25, -0.2) is 0 Å². The molecule has 0 aromatic heterocycles. The van der Waals surface area contributed by atoms with Gasteiger partial charge < -0.3 is 4.90 Å². The highest BCUT2D eigenvalue weighted by atomic mass is 32.2. The number of piperazine rings is 1. The smallest absolute Gasteiger partial charge is 0.0235 e. The van der Waals surface area contributed by atoms with E-state index in [1.807, 2.05) is 11.8 Å². The van der Waals surface area contributed by atoms with Crippen LogP contribution in [0.3, 0.4) is 0 Å². The highest BCUT2D eigenvalue weighted by Crippen LogP contribution is 2.19. The van der Waals surface area contributed by atoms with Gasteiger partial charge in [0.25, 0.3) is 0 Å². The summed E-state index contributed by atoms with van der Waals surface area (Å²) >= 11 is 1.93. The van der Waals surface area contributed by atoms with Crippen LogP contribution in [0.15, 0.2) is 29.2 Å². The van der Waals surface area contributed by atoms with E-state index in [0.29, 0.717) is 0 Å². The molecule has 1 heterocycles. The van der Waals surface area contributed by atoms with E-state index in [0.717, 1.165) is 12.3 Å². The van der Waals surface area contributed by atoms with E-state index in [1.165, 1.54) is 36.6 Å². The Morgan fingerprint density at radius 2 is 1.94 bits per heavy atom. The van der Waals surface area contributed by atoms with Crippen LogP contribution in [-0.4, -0.2) is 48.8 Å². The number of benzene rings is 1. The number of rotatable bonds is 4. The minimum Gasteiger partial charge on any atom is -0.304 e. The first kappa shape index (κ1) is 12.9. The fourth-order valence-corrected chi connectivity index (χ4v) is 2.91. The summed E-state index contributed by atoms with van der Waals surface area (Å²) in [6.45, 7) is 8.10. The average molecular weight is 250 g/mol. The first-order chi connectivity index (χ1) is 8.28. The third kappa shape index (κ3) is 4.02. The van der Waals surface area contributed by atoms with Crippen molar-refractivity contribution >= 4 is 11.8 Å². The number of nitrogens with zero attached hydrogens (tertiary/aromatic N) is 2. The quantitative estimate of drug-likeness (QED) is 0.758. The van der Waals surface area contributed by atoms with Gasteiger partial charge in [0.15, 0.2) is 0 Å². The number of likely N-dealkylation sites (N-methyl/N-ethyl adjacent to an activating group) is 1. The highest BCUT2D eigenvalue weighted by Gasteiger charge is 2.13. The summed E-state index contributed by atoms with van der Waals surface area (Å²) in [6, 6.07) is 8.98. The predicted molar refractivity (Wildman–Crippen MR) is 75.6 cm³/mol. The van der Waals surface area contributed by atoms with Crippen molar-refractivity contribution in [2.45, 2.75) is 18.4 Å². The molecule has 0 N–H and O–H groups in total. The fourth-order valence-electron chi connectivity index (χ4n) is 2.16. The molecule has 17 heavy (non-hydrogen) atoms. The van der Waals surface area contributed by atoms with E-state index in [1.54, 1.807) is 0 Å². The summed E-state index contributed by atoms with van der Waals surface area (Å²) in [5, 5.41) is 0. The molecule has 1 aromatic rings. The molecule has 0 bridgehead atoms. The van der Waals surface area contributed by atoms with Crippen molar-refractivity contribution < 1.29 is 0 Å². The Hall–Kier alpha value is -0.510. The molecule has 1 aromatic carbocycles. The zero-order chi connectivity index (χ0) is 12.1. The highest BCUT2D eigenvalue weighted by molar-refractivity contribution is 7.99. The zero-order valence-electron chi connectivity index (χ0n) is 10.9. The Bertz CT molecular complexity index is 346. The number of thioether (sulfide) groups is 1. The van der Waals surface area contributed by atoms with Gasteiger partial charge >= 0.3 is 0 Å². The summed E-state index contributed by atoms with van der Waals surface area (Å²) < 4.78 is 0. The van der Waals surface area contributed by atoms with Crippen molar-refractivity contribution in [2.24, 2.45) is 0 Å². The van der Waals surface area contributed by atoms with Crippen molar-refractivity contribution in [3.63, 3.8) is 0 Å². The van der Waals surface area contributed by atoms with Gasteiger partial charge in [-0.05, 0) is 30.5 Å². The van der Waals surface area contributed by atoms with Gasteiger partial charge in [0.2, 0.25) is 0 Å². The summed E-state index contributed by atoms with van der Waals surface area (Å²) in [7, 11) is 2.20. The molecule has 1 fully saturated rings. The molecule has 0 spiro atoms. The second-order valence-corrected chi connectivity index (χ2v) is 6.00. The van der Waals surface area contributed by atoms with Crippen LogP contribution >= 0.6 is 11.8 Å². The molecule has 0 amide bonds. The van der Waals surface area contributed by atoms with Crippen LogP contribution < -0.4 is 0 Å². The van der Waals surface area contributed by atoms with Crippen molar-refractivity contribution in [3.8, 4) is 0 Å². The molecule has 2 rings (SSSR count). The van der Waals surface area contributed by atoms with Gasteiger partial charge in [-0.2, -0.15) is 0 Å². The van der Waals surface area contributed by atoms with Crippen LogP contribution in [-0.2, 0) is 6.54 Å². The lowest BCUT2D eigenvalue weighted by Gasteiger charge is -2.32. The van der Waals surface area contributed by atoms with Crippen LogP contribution in [0, 0.1) is 0 Å². The van der Waals surface area contributed by atoms with Gasteiger partial charge in [0, 0.05) is 37.6 Å². The van der Waals surface area contributed by atoms with Crippen molar-refractivity contribution in [1.29, 1.82) is 0 Å². The minimum atomic E-state index is 1.10. The standard InChI is InChI=1S/C14H22N2S/c1-3-17-14-6-4-5-13(11-14)12-16-9-7-15(2)8-10-16/h4-6,11H,3,7-10,12H2,1-2H3. The lowest BCUT2D eigenvalue weighted by molar-refractivity contribution is 0.148. The van der Waals surface area contributed by atoms with E-state index in [2.05, 4.69) is 48.0 Å². The predicted octanol–water partition coefficient (Wildman–Crippen LogP) is 2.55. The lowest BCUT2D eigenvalue weighted by atomic mass is 10.2. The van der Waals surface area contributed by atoms with E-state index in [-0.39, 0.29) is 0 Å². The monoisotopic (exact) mass is 250 g/mol. The molecule has 2 nitrogen and oxygen atoms in total. The van der Waals surface area contributed by atoms with Crippen LogP contribution in [0.4, 0.5) is 0 Å². The summed E-state index contributed by atoms with van der Waals surface area (Å²) in [4.78, 5) is 6.36. The Labute approximate surface area is 109 Å². The Balaban J connectivity index is 1.91. The molecule has 1 saturated heterocycles. The van der Waals surface area contributed by atoms with E-state index in [4.69, 9.17) is 0 Å². The lowest BCUT2D eigenvalue weighted by Crippen LogP contribution is -2.43. The minimum absolute atomic E-state index is 1.10. The van der Waals surface area contributed by atoms with Gasteiger partial charge in [0.05, 0.1) is 0 Å². The molecule has 1 aliphatic rings. The van der Waals surface area contributed by atoms with Crippen molar-refractivity contribution in [3.05, 3.63) is 29.8 Å². The molecule has 1 aliphatic heterocycles. The summed E-state index contributed by atoms with van der Waals surface area (Å²) in [6.07, 6.45) is 0. The van der Waals surface area contributed by atoms with Crippen LogP contribution in [0.25, 0.3) is 0 Å². The summed E-state index contributed by atoms with van der Waals surface area (Å²) in [5.74, 6) is 1.15. The largest absolute Gasteiger partial charge is 0.304 e. The van der Waals surface area contributed by atoms with E-state index in [9.17, 15) is 0 Å². The number of hydrogen-bond donors (Lipinski definition) is 0. The van der Waals surface area contributed by atoms with E-state index < -0.39 is 0 Å². The molecule has 0 atom stereocenters. The topological polar surface area (TPSA) is 6.48 Å². The van der Waals surface area contributed by atoms with Gasteiger partial charge in [0.1, 0.15) is 0 Å². The number of hydrogen-bond acceptors (Lipinski definition) is 3. The zero-order valence-corrected chi connectivity index (χ0v) is 11.7. The second-order valence-electron chi connectivity index (χ2n) is 4.66. The van der Waals surface area contributed by atoms with E-state index >= 15 is 0 Å². The van der Waals surface area contributed by atoms with Gasteiger partial charge in [-0.15, -0.1) is 11.8 Å². The van der Waals surface area contributed by atoms with Crippen LogP contribution in [0.5, 0.6) is 0 Å². The summed E-state index contributed by atoms with van der Waals surface area (Å²) in [5.41, 5.74) is 1.45. The molecular weight excluding hydrogens is 228 g/mol. The molecule has 3 heteroatoms. The molecule has 0 saturated carbocycles. The maximum absolute atomic E-state index is 2.55. The van der Waals surface area contributed by atoms with Crippen molar-refractivity contribution in [2.75, 3.05) is 39.0 Å². The SMILES string of the molecule is CCSc1cccc(CN2CCN(C)CC2)c1. The van der Waals surface area contributed by atoms with Gasteiger partial charge in [-0.1, -0.05) is 19.1 Å². The molecule has 0 unspecified atom stereocenters. The molecular formula is C14H22N2S. The van der Waals surface area contributed by atoms with Crippen LogP contribution in [0.2, 0.25) is 0 Å². The Kier molecular flexibility index (Phi) is 4.89. The van der Waals surface area contributed by atoms with Crippen LogP contribution in [0.1, 0.15) is 12.5 Å². The maximum atomic E-state index is 2.55.